The van der Waals surface area contributed by atoms with Gasteiger partial charge >= 0.3 is 5.97 Å². The smallest absolute Gasteiger partial charge is 0.341 e. The van der Waals surface area contributed by atoms with Gasteiger partial charge in [-0.25, -0.2) is 4.79 Å². The van der Waals surface area contributed by atoms with Crippen LogP contribution in [-0.2, 0) is 4.74 Å². The third kappa shape index (κ3) is 1.22. The molecule has 0 radical (unpaired) electrons. The van der Waals surface area contributed by atoms with E-state index in [1.165, 1.54) is 7.11 Å². The number of esters is 1. The highest BCUT2D eigenvalue weighted by Gasteiger charge is 2.12. The maximum absolute atomic E-state index is 11.4. The molecule has 0 N–H and O–H groups in total. The summed E-state index contributed by atoms with van der Waals surface area (Å²) >= 11 is 0. The van der Waals surface area contributed by atoms with Crippen LogP contribution < -0.4 is 0 Å². The van der Waals surface area contributed by atoms with Crippen LogP contribution in [0.15, 0.2) is 18.6 Å². The van der Waals surface area contributed by atoms with Crippen LogP contribution in [0.5, 0.6) is 0 Å². The third-order valence-corrected chi connectivity index (χ3v) is 1.93. The topological polar surface area (TPSA) is 56.5 Å². The van der Waals surface area contributed by atoms with E-state index >= 15 is 0 Å². The average molecular weight is 191 g/mol. The minimum Gasteiger partial charge on any atom is -0.465 e. The van der Waals surface area contributed by atoms with E-state index in [1.807, 2.05) is 13.1 Å². The largest absolute Gasteiger partial charge is 0.465 e. The van der Waals surface area contributed by atoms with Crippen LogP contribution in [0.3, 0.4) is 0 Å². The van der Waals surface area contributed by atoms with Gasteiger partial charge < -0.3 is 4.74 Å². The third-order valence-electron chi connectivity index (χ3n) is 1.93. The standard InChI is InChI=1S/C9H9N3O2/c1-6-3-7(9(13)14-2)8-11-10-5-12(8)4-6/h3-5H,1-2H3. The summed E-state index contributed by atoms with van der Waals surface area (Å²) in [6.45, 7) is 1.89. The number of methoxy groups -OCH3 is 1. The molecule has 0 aliphatic carbocycles. The molecule has 0 saturated carbocycles. The molecule has 0 spiro atoms. The number of aromatic nitrogens is 3. The van der Waals surface area contributed by atoms with Gasteiger partial charge in [-0.15, -0.1) is 10.2 Å². The number of pyridine rings is 1. The van der Waals surface area contributed by atoms with Gasteiger partial charge in [-0.1, -0.05) is 0 Å². The second kappa shape index (κ2) is 3.10. The zero-order valence-electron chi connectivity index (χ0n) is 7.89. The summed E-state index contributed by atoms with van der Waals surface area (Å²) in [5, 5.41) is 7.57. The van der Waals surface area contributed by atoms with Gasteiger partial charge in [0.1, 0.15) is 11.9 Å². The Morgan fingerprint density at radius 2 is 2.36 bits per heavy atom. The molecule has 14 heavy (non-hydrogen) atoms. The first-order valence-corrected chi connectivity index (χ1v) is 4.10. The molecule has 0 unspecified atom stereocenters. The highest BCUT2D eigenvalue weighted by molar-refractivity contribution is 5.95. The van der Waals surface area contributed by atoms with Crippen molar-refractivity contribution in [1.82, 2.24) is 14.6 Å². The Balaban J connectivity index is 2.72. The second-order valence-corrected chi connectivity index (χ2v) is 2.98. The van der Waals surface area contributed by atoms with Crippen molar-refractivity contribution in [2.24, 2.45) is 0 Å². The number of hydrogen-bond acceptors (Lipinski definition) is 4. The second-order valence-electron chi connectivity index (χ2n) is 2.98. The lowest BCUT2D eigenvalue weighted by Crippen LogP contribution is -2.04. The molecule has 5 heteroatoms. The Kier molecular flexibility index (Phi) is 1.92. The molecule has 72 valence electrons. The molecule has 0 aromatic carbocycles. The van der Waals surface area contributed by atoms with Gasteiger partial charge in [-0.2, -0.15) is 0 Å². The van der Waals surface area contributed by atoms with Crippen molar-refractivity contribution >= 4 is 11.6 Å². The van der Waals surface area contributed by atoms with Crippen molar-refractivity contribution in [3.8, 4) is 0 Å². The van der Waals surface area contributed by atoms with Gasteiger partial charge in [0.2, 0.25) is 0 Å². The molecule has 0 fully saturated rings. The maximum Gasteiger partial charge on any atom is 0.341 e. The number of nitrogens with zero attached hydrogens (tertiary/aromatic N) is 3. The van der Waals surface area contributed by atoms with Crippen LogP contribution in [0, 0.1) is 6.92 Å². The molecule has 2 heterocycles. The number of fused-ring (bicyclic) bond motifs is 1. The Hall–Kier alpha value is -1.91. The molecule has 0 saturated heterocycles. The van der Waals surface area contributed by atoms with Crippen LogP contribution in [0.25, 0.3) is 5.65 Å². The highest BCUT2D eigenvalue weighted by atomic mass is 16.5. The highest BCUT2D eigenvalue weighted by Crippen LogP contribution is 2.11. The Labute approximate surface area is 80.3 Å². The van der Waals surface area contributed by atoms with Crippen molar-refractivity contribution < 1.29 is 9.53 Å². The summed E-state index contributed by atoms with van der Waals surface area (Å²) in [7, 11) is 1.34. The SMILES string of the molecule is COC(=O)c1cc(C)cn2cnnc12. The first kappa shape index (κ1) is 8.68. The summed E-state index contributed by atoms with van der Waals surface area (Å²) in [5.74, 6) is -0.397. The predicted octanol–water partition coefficient (Wildman–Crippen LogP) is 0.824. The number of carbonyl (C=O) groups is 1. The van der Waals surface area contributed by atoms with Crippen LogP contribution in [-0.4, -0.2) is 27.7 Å². The fourth-order valence-electron chi connectivity index (χ4n) is 1.34. The zero-order valence-corrected chi connectivity index (χ0v) is 7.89. The number of carbonyl (C=O) groups excluding carboxylic acids is 1. The monoisotopic (exact) mass is 191 g/mol. The lowest BCUT2D eigenvalue weighted by molar-refractivity contribution is 0.0602. The summed E-state index contributed by atoms with van der Waals surface area (Å²) in [6.07, 6.45) is 3.40. The quantitative estimate of drug-likeness (QED) is 0.626. The van der Waals surface area contributed by atoms with Gasteiger partial charge in [0.05, 0.1) is 7.11 Å². The van der Waals surface area contributed by atoms with E-state index in [4.69, 9.17) is 0 Å². The lowest BCUT2D eigenvalue weighted by Gasteiger charge is -2.02. The normalized spacial score (nSPS) is 10.4. The van der Waals surface area contributed by atoms with E-state index in [0.29, 0.717) is 11.2 Å². The van der Waals surface area contributed by atoms with E-state index < -0.39 is 5.97 Å². The summed E-state index contributed by atoms with van der Waals surface area (Å²) in [6, 6.07) is 1.73. The van der Waals surface area contributed by atoms with Gasteiger partial charge in [0, 0.05) is 6.20 Å². The fraction of sp³-hybridized carbons (Fsp3) is 0.222. The Morgan fingerprint density at radius 3 is 3.07 bits per heavy atom. The van der Waals surface area contributed by atoms with E-state index in [-0.39, 0.29) is 0 Å². The van der Waals surface area contributed by atoms with E-state index in [0.717, 1.165) is 5.56 Å². The first-order valence-electron chi connectivity index (χ1n) is 4.10. The van der Waals surface area contributed by atoms with Gasteiger partial charge in [-0.05, 0) is 18.6 Å². The average Bonchev–Trinajstić information content (AvgIpc) is 2.62. The van der Waals surface area contributed by atoms with Crippen molar-refractivity contribution in [3.63, 3.8) is 0 Å². The van der Waals surface area contributed by atoms with E-state index in [1.54, 1.807) is 16.8 Å². The number of rotatable bonds is 1. The van der Waals surface area contributed by atoms with Crippen LogP contribution >= 0.6 is 0 Å². The maximum atomic E-state index is 11.4. The molecule has 0 aliphatic heterocycles. The molecule has 0 bridgehead atoms. The Morgan fingerprint density at radius 1 is 1.57 bits per heavy atom. The van der Waals surface area contributed by atoms with Gasteiger partial charge in [0.25, 0.3) is 0 Å². The summed E-state index contributed by atoms with van der Waals surface area (Å²) in [4.78, 5) is 11.4. The van der Waals surface area contributed by atoms with Gasteiger partial charge in [0.15, 0.2) is 5.65 Å². The molecule has 0 aliphatic rings. The minimum absolute atomic E-state index is 0.397. The molecule has 0 amide bonds. The lowest BCUT2D eigenvalue weighted by atomic mass is 10.2. The van der Waals surface area contributed by atoms with Crippen molar-refractivity contribution in [1.29, 1.82) is 0 Å². The van der Waals surface area contributed by atoms with E-state index in [2.05, 4.69) is 14.9 Å². The molecule has 2 aromatic heterocycles. The first-order chi connectivity index (χ1) is 6.72. The predicted molar refractivity (Wildman–Crippen MR) is 49.1 cm³/mol. The van der Waals surface area contributed by atoms with Crippen LogP contribution in [0.4, 0.5) is 0 Å². The Bertz CT molecular complexity index is 490. The molecule has 0 atom stereocenters. The molecule has 2 rings (SSSR count). The van der Waals surface area contributed by atoms with Crippen LogP contribution in [0.2, 0.25) is 0 Å². The number of hydrogen-bond donors (Lipinski definition) is 0. The number of ether oxygens (including phenoxy) is 1. The molecule has 2 aromatic rings. The fourth-order valence-corrected chi connectivity index (χ4v) is 1.34. The van der Waals surface area contributed by atoms with E-state index in [9.17, 15) is 4.79 Å². The molecular weight excluding hydrogens is 182 g/mol. The van der Waals surface area contributed by atoms with Crippen molar-refractivity contribution in [3.05, 3.63) is 29.7 Å². The zero-order chi connectivity index (χ0) is 10.1. The molecular formula is C9H9N3O2. The minimum atomic E-state index is -0.397. The summed E-state index contributed by atoms with van der Waals surface area (Å²) in [5.41, 5.74) is 1.91. The van der Waals surface area contributed by atoms with Crippen molar-refractivity contribution in [2.45, 2.75) is 6.92 Å². The molecule has 5 nitrogen and oxygen atoms in total. The summed E-state index contributed by atoms with van der Waals surface area (Å²) < 4.78 is 6.34. The van der Waals surface area contributed by atoms with Crippen molar-refractivity contribution in [2.75, 3.05) is 7.11 Å². The number of aryl methyl sites for hydroxylation is 1. The van der Waals surface area contributed by atoms with Crippen LogP contribution in [0.1, 0.15) is 15.9 Å². The van der Waals surface area contributed by atoms with Gasteiger partial charge in [-0.3, -0.25) is 4.40 Å².